The Morgan fingerprint density at radius 2 is 1.55 bits per heavy atom. The SMILES string of the molecule is C=C(C)C(=O)OCCC1CC[N+](C)(CCCCCCOc2ccc(N=Nc3ccc([N+](=O)[O-])cc3)cc2)CC1.[I-]. The number of azo groups is 1. The molecule has 0 saturated carbocycles. The van der Waals surface area contributed by atoms with Gasteiger partial charge in [-0.05, 0) is 94.2 Å². The van der Waals surface area contributed by atoms with Crippen LogP contribution < -0.4 is 28.7 Å². The van der Waals surface area contributed by atoms with E-state index in [0.29, 0.717) is 36.1 Å². The number of ether oxygens (including phenoxy) is 2. The molecule has 1 heterocycles. The lowest BCUT2D eigenvalue weighted by Gasteiger charge is -2.40. The third-order valence-electron chi connectivity index (χ3n) is 7.30. The molecule has 0 atom stereocenters. The van der Waals surface area contributed by atoms with Crippen LogP contribution in [0.25, 0.3) is 0 Å². The van der Waals surface area contributed by atoms with Crippen molar-refractivity contribution in [2.75, 3.05) is 39.9 Å². The van der Waals surface area contributed by atoms with Crippen molar-refractivity contribution in [1.29, 1.82) is 0 Å². The third kappa shape index (κ3) is 11.7. The van der Waals surface area contributed by atoms with Crippen LogP contribution in [0.1, 0.15) is 51.9 Å². The number of hydrogen-bond donors (Lipinski definition) is 0. The van der Waals surface area contributed by atoms with E-state index in [0.717, 1.165) is 29.5 Å². The second kappa shape index (κ2) is 17.1. The Kier molecular flexibility index (Phi) is 14.2. The Morgan fingerprint density at radius 3 is 2.12 bits per heavy atom. The summed E-state index contributed by atoms with van der Waals surface area (Å²) in [6.45, 7) is 10.1. The van der Waals surface area contributed by atoms with E-state index in [-0.39, 0.29) is 35.6 Å². The highest BCUT2D eigenvalue weighted by Crippen LogP contribution is 2.26. The van der Waals surface area contributed by atoms with Gasteiger partial charge >= 0.3 is 5.97 Å². The topological polar surface area (TPSA) is 103 Å². The van der Waals surface area contributed by atoms with E-state index in [1.165, 1.54) is 57.5 Å². The first-order chi connectivity index (χ1) is 18.7. The molecule has 1 fully saturated rings. The van der Waals surface area contributed by atoms with Gasteiger partial charge in [0, 0.05) is 17.7 Å². The molecule has 0 radical (unpaired) electrons. The molecule has 9 nitrogen and oxygen atoms in total. The summed E-state index contributed by atoms with van der Waals surface area (Å²) < 4.78 is 12.3. The maximum absolute atomic E-state index is 11.5. The van der Waals surface area contributed by atoms with Crippen LogP contribution in [-0.2, 0) is 9.53 Å². The van der Waals surface area contributed by atoms with Gasteiger partial charge in [-0.25, -0.2) is 4.79 Å². The predicted octanol–water partition coefficient (Wildman–Crippen LogP) is 4.32. The summed E-state index contributed by atoms with van der Waals surface area (Å²) in [5, 5.41) is 19.0. The fourth-order valence-electron chi connectivity index (χ4n) is 4.70. The number of nitro groups is 1. The summed E-state index contributed by atoms with van der Waals surface area (Å²) >= 11 is 0. The molecule has 0 N–H and O–H groups in total. The monoisotopic (exact) mass is 664 g/mol. The van der Waals surface area contributed by atoms with Crippen LogP contribution in [-0.4, -0.2) is 55.3 Å². The number of esters is 1. The van der Waals surface area contributed by atoms with Crippen molar-refractivity contribution in [1.82, 2.24) is 0 Å². The van der Waals surface area contributed by atoms with Crippen LogP contribution >= 0.6 is 0 Å². The number of carbonyl (C=O) groups is 1. The highest BCUT2D eigenvalue weighted by atomic mass is 127. The highest BCUT2D eigenvalue weighted by molar-refractivity contribution is 5.86. The van der Waals surface area contributed by atoms with Crippen molar-refractivity contribution < 1.29 is 47.7 Å². The fourth-order valence-corrected chi connectivity index (χ4v) is 4.70. The molecule has 1 aliphatic heterocycles. The molecule has 0 aliphatic carbocycles. The second-order valence-corrected chi connectivity index (χ2v) is 10.7. The van der Waals surface area contributed by atoms with Crippen molar-refractivity contribution in [3.05, 3.63) is 70.8 Å². The predicted molar refractivity (Wildman–Crippen MR) is 152 cm³/mol. The molecule has 0 aromatic heterocycles. The minimum absolute atomic E-state index is 0. The lowest BCUT2D eigenvalue weighted by molar-refractivity contribution is -0.915. The number of rotatable bonds is 15. The molecule has 2 aromatic rings. The molecule has 0 bridgehead atoms. The maximum atomic E-state index is 11.5. The van der Waals surface area contributed by atoms with Crippen molar-refractivity contribution in [2.24, 2.45) is 16.1 Å². The zero-order chi connectivity index (χ0) is 28.1. The number of likely N-dealkylation sites (tertiary alicyclic amines) is 1. The van der Waals surface area contributed by atoms with E-state index in [4.69, 9.17) is 9.47 Å². The quantitative estimate of drug-likeness (QED) is 0.0413. The fraction of sp³-hybridized carbons (Fsp3) is 0.500. The number of nitrogens with zero attached hydrogens (tertiary/aromatic N) is 4. The van der Waals surface area contributed by atoms with Gasteiger partial charge in [0.05, 0.1) is 56.2 Å². The smallest absolute Gasteiger partial charge is 0.333 e. The number of hydrogen-bond acceptors (Lipinski definition) is 7. The van der Waals surface area contributed by atoms with Crippen LogP contribution in [0.3, 0.4) is 0 Å². The van der Waals surface area contributed by atoms with Crippen molar-refractivity contribution >= 4 is 23.0 Å². The minimum Gasteiger partial charge on any atom is -1.00 e. The zero-order valence-corrected chi connectivity index (χ0v) is 25.8. The molecular weight excluding hydrogens is 623 g/mol. The summed E-state index contributed by atoms with van der Waals surface area (Å²) in [4.78, 5) is 21.8. The van der Waals surface area contributed by atoms with Gasteiger partial charge in [-0.1, -0.05) is 6.58 Å². The average molecular weight is 665 g/mol. The number of non-ortho nitro benzene ring substituents is 1. The van der Waals surface area contributed by atoms with Gasteiger partial charge in [0.1, 0.15) is 5.75 Å². The Balaban J connectivity index is 0.00000560. The maximum Gasteiger partial charge on any atom is 0.333 e. The Labute approximate surface area is 254 Å². The first-order valence-corrected chi connectivity index (χ1v) is 13.8. The minimum atomic E-state index is -0.441. The van der Waals surface area contributed by atoms with E-state index in [1.807, 2.05) is 24.3 Å². The summed E-state index contributed by atoms with van der Waals surface area (Å²) in [6.07, 6.45) is 7.96. The lowest BCUT2D eigenvalue weighted by Crippen LogP contribution is -3.00. The molecule has 1 aliphatic rings. The number of halogens is 1. The Bertz CT molecular complexity index is 1110. The molecule has 40 heavy (non-hydrogen) atoms. The van der Waals surface area contributed by atoms with Gasteiger partial charge < -0.3 is 37.9 Å². The van der Waals surface area contributed by atoms with Gasteiger partial charge in [0.2, 0.25) is 0 Å². The van der Waals surface area contributed by atoms with E-state index >= 15 is 0 Å². The third-order valence-corrected chi connectivity index (χ3v) is 7.30. The molecule has 2 aromatic carbocycles. The number of unbranched alkanes of at least 4 members (excludes halogenated alkanes) is 3. The summed E-state index contributed by atoms with van der Waals surface area (Å²) in [6, 6.07) is 13.4. The molecule has 0 spiro atoms. The van der Waals surface area contributed by atoms with E-state index in [9.17, 15) is 14.9 Å². The molecule has 0 unspecified atom stereocenters. The van der Waals surface area contributed by atoms with Gasteiger partial charge in [-0.15, -0.1) is 0 Å². The highest BCUT2D eigenvalue weighted by Gasteiger charge is 2.29. The van der Waals surface area contributed by atoms with Crippen LogP contribution in [0.15, 0.2) is 70.9 Å². The first-order valence-electron chi connectivity index (χ1n) is 13.8. The largest absolute Gasteiger partial charge is 1.00 e. The van der Waals surface area contributed by atoms with E-state index in [2.05, 4.69) is 23.9 Å². The Morgan fingerprint density at radius 1 is 0.975 bits per heavy atom. The number of piperidine rings is 1. The molecule has 10 heteroatoms. The van der Waals surface area contributed by atoms with Crippen molar-refractivity contribution in [3.8, 4) is 5.75 Å². The Hall–Kier alpha value is -2.86. The van der Waals surface area contributed by atoms with Gasteiger partial charge in [0.15, 0.2) is 0 Å². The zero-order valence-electron chi connectivity index (χ0n) is 23.6. The number of benzene rings is 2. The van der Waals surface area contributed by atoms with Crippen LogP contribution in [0.5, 0.6) is 5.75 Å². The van der Waals surface area contributed by atoms with Gasteiger partial charge in [0.25, 0.3) is 5.69 Å². The average Bonchev–Trinajstić information content (AvgIpc) is 2.93. The first kappa shape index (κ1) is 33.3. The summed E-state index contributed by atoms with van der Waals surface area (Å²) in [5.74, 6) is 1.17. The van der Waals surface area contributed by atoms with Crippen LogP contribution in [0, 0.1) is 16.0 Å². The van der Waals surface area contributed by atoms with Gasteiger partial charge in [-0.3, -0.25) is 10.1 Å². The number of quaternary nitrogens is 1. The second-order valence-electron chi connectivity index (χ2n) is 10.7. The van der Waals surface area contributed by atoms with Crippen LogP contribution in [0.4, 0.5) is 17.1 Å². The summed E-state index contributed by atoms with van der Waals surface area (Å²) in [7, 11) is 2.37. The summed E-state index contributed by atoms with van der Waals surface area (Å²) in [5.41, 5.74) is 1.74. The molecule has 1 saturated heterocycles. The molecule has 0 amide bonds. The number of nitro benzene ring substituents is 1. The number of carbonyl (C=O) groups excluding carboxylic acids is 1. The normalized spacial score (nSPS) is 18.6. The van der Waals surface area contributed by atoms with E-state index < -0.39 is 4.92 Å². The standard InChI is InChI=1S/C30H41N4O5.HI/c1-24(2)30(35)39-23-18-25-16-20-34(3,21-17-25)19-6-4-5-7-22-38-29-14-10-27(11-15-29)32-31-26-8-12-28(13-9-26)33(36)37;/h8-15,25H,1,4-7,16-23H2,2-3H3;1H/q+1;/p-1. The van der Waals surface area contributed by atoms with Crippen molar-refractivity contribution in [2.45, 2.75) is 51.9 Å². The molecular formula is C30H41IN4O5. The molecule has 3 rings (SSSR count). The van der Waals surface area contributed by atoms with Gasteiger partial charge in [-0.2, -0.15) is 10.2 Å². The van der Waals surface area contributed by atoms with Crippen LogP contribution in [0.2, 0.25) is 0 Å². The van der Waals surface area contributed by atoms with E-state index in [1.54, 1.807) is 19.1 Å². The van der Waals surface area contributed by atoms with Crippen molar-refractivity contribution in [3.63, 3.8) is 0 Å². The molecule has 218 valence electrons. The lowest BCUT2D eigenvalue weighted by atomic mass is 9.92.